The van der Waals surface area contributed by atoms with Crippen molar-refractivity contribution in [3.05, 3.63) is 0 Å². The fraction of sp³-hybridized carbons (Fsp3) is 0.846. The van der Waals surface area contributed by atoms with Gasteiger partial charge in [-0.3, -0.25) is 9.59 Å². The Morgan fingerprint density at radius 3 is 2.11 bits per heavy atom. The molecule has 5 nitrogen and oxygen atoms in total. The molecule has 18 heavy (non-hydrogen) atoms. The Kier molecular flexibility index (Phi) is 7.59. The number of carboxylic acid groups (broad SMARTS) is 1. The molecule has 5 heteroatoms. The van der Waals surface area contributed by atoms with Crippen LogP contribution in [0.15, 0.2) is 0 Å². The molecule has 4 N–H and O–H groups in total. The highest BCUT2D eigenvalue weighted by molar-refractivity contribution is 5.79. The number of carbonyl (C=O) groups is 2. The molecule has 0 fully saturated rings. The van der Waals surface area contributed by atoms with E-state index in [1.807, 2.05) is 27.7 Å². The Morgan fingerprint density at radius 2 is 1.78 bits per heavy atom. The maximum atomic E-state index is 11.9. The smallest absolute Gasteiger partial charge is 0.308 e. The number of nitrogens with two attached hydrogens (primary N) is 1. The van der Waals surface area contributed by atoms with Crippen molar-refractivity contribution in [2.24, 2.45) is 29.4 Å². The van der Waals surface area contributed by atoms with Crippen molar-refractivity contribution in [3.63, 3.8) is 0 Å². The van der Waals surface area contributed by atoms with Gasteiger partial charge in [0.15, 0.2) is 0 Å². The van der Waals surface area contributed by atoms with E-state index in [0.717, 1.165) is 6.42 Å². The normalized spacial score (nSPS) is 14.6. The van der Waals surface area contributed by atoms with Crippen molar-refractivity contribution < 1.29 is 14.7 Å². The van der Waals surface area contributed by atoms with Crippen molar-refractivity contribution in [2.75, 3.05) is 13.1 Å². The number of hydrogen-bond donors (Lipinski definition) is 3. The number of rotatable bonds is 8. The lowest BCUT2D eigenvalue weighted by Crippen LogP contribution is -2.41. The number of hydrogen-bond acceptors (Lipinski definition) is 3. The van der Waals surface area contributed by atoms with E-state index >= 15 is 0 Å². The molecule has 2 unspecified atom stereocenters. The Bertz CT molecular complexity index is 277. The third kappa shape index (κ3) is 6.00. The molecule has 106 valence electrons. The molecule has 0 aliphatic heterocycles. The van der Waals surface area contributed by atoms with Gasteiger partial charge in [0.2, 0.25) is 5.91 Å². The monoisotopic (exact) mass is 258 g/mol. The highest BCUT2D eigenvalue weighted by atomic mass is 16.4. The Labute approximate surface area is 109 Å². The molecule has 0 saturated carbocycles. The zero-order chi connectivity index (χ0) is 14.3. The van der Waals surface area contributed by atoms with E-state index in [1.165, 1.54) is 0 Å². The van der Waals surface area contributed by atoms with Crippen LogP contribution in [0, 0.1) is 23.7 Å². The standard InChI is InChI=1S/C13H26N2O3/c1-8(2)5-10(6-14)12(16)15-7-11(9(3)4)13(17)18/h8-11H,5-7,14H2,1-4H3,(H,15,16)(H,17,18). The maximum absolute atomic E-state index is 11.9. The summed E-state index contributed by atoms with van der Waals surface area (Å²) in [5.74, 6) is -1.41. The average molecular weight is 258 g/mol. The van der Waals surface area contributed by atoms with Gasteiger partial charge in [-0.25, -0.2) is 0 Å². The lowest BCUT2D eigenvalue weighted by atomic mass is 9.94. The summed E-state index contributed by atoms with van der Waals surface area (Å²) in [6.07, 6.45) is 0.724. The van der Waals surface area contributed by atoms with Gasteiger partial charge in [-0.1, -0.05) is 27.7 Å². The van der Waals surface area contributed by atoms with Crippen LogP contribution in [0.2, 0.25) is 0 Å². The molecule has 0 aliphatic rings. The lowest BCUT2D eigenvalue weighted by molar-refractivity contribution is -0.143. The van der Waals surface area contributed by atoms with Crippen molar-refractivity contribution in [1.29, 1.82) is 0 Å². The van der Waals surface area contributed by atoms with Crippen molar-refractivity contribution >= 4 is 11.9 Å². The maximum Gasteiger partial charge on any atom is 0.308 e. The fourth-order valence-electron chi connectivity index (χ4n) is 1.84. The minimum atomic E-state index is -0.876. The fourth-order valence-corrected chi connectivity index (χ4v) is 1.84. The van der Waals surface area contributed by atoms with E-state index in [4.69, 9.17) is 10.8 Å². The molecule has 0 aromatic heterocycles. The first-order chi connectivity index (χ1) is 8.29. The van der Waals surface area contributed by atoms with Crippen LogP contribution in [0.4, 0.5) is 0 Å². The summed E-state index contributed by atoms with van der Waals surface area (Å²) in [6.45, 7) is 8.19. The first kappa shape index (κ1) is 16.9. The van der Waals surface area contributed by atoms with Gasteiger partial charge in [-0.05, 0) is 18.3 Å². The zero-order valence-electron chi connectivity index (χ0n) is 11.8. The van der Waals surface area contributed by atoms with Crippen LogP contribution >= 0.6 is 0 Å². The first-order valence-corrected chi connectivity index (χ1v) is 6.50. The SMILES string of the molecule is CC(C)CC(CN)C(=O)NCC(C(=O)O)C(C)C. The van der Waals surface area contributed by atoms with Crippen molar-refractivity contribution in [1.82, 2.24) is 5.32 Å². The number of aliphatic carboxylic acids is 1. The highest BCUT2D eigenvalue weighted by Crippen LogP contribution is 2.13. The van der Waals surface area contributed by atoms with E-state index < -0.39 is 11.9 Å². The third-order valence-electron chi connectivity index (χ3n) is 3.03. The first-order valence-electron chi connectivity index (χ1n) is 6.50. The molecule has 1 amide bonds. The third-order valence-corrected chi connectivity index (χ3v) is 3.03. The molecule has 0 rings (SSSR count). The van der Waals surface area contributed by atoms with E-state index in [0.29, 0.717) is 12.5 Å². The molecular weight excluding hydrogens is 232 g/mol. The van der Waals surface area contributed by atoms with Crippen LogP contribution in [0.5, 0.6) is 0 Å². The van der Waals surface area contributed by atoms with Crippen LogP contribution in [-0.4, -0.2) is 30.1 Å². The van der Waals surface area contributed by atoms with Gasteiger partial charge < -0.3 is 16.2 Å². The van der Waals surface area contributed by atoms with Gasteiger partial charge in [-0.2, -0.15) is 0 Å². The van der Waals surface area contributed by atoms with E-state index in [1.54, 1.807) is 0 Å². The van der Waals surface area contributed by atoms with Gasteiger partial charge in [0, 0.05) is 13.1 Å². The van der Waals surface area contributed by atoms with Crippen LogP contribution in [-0.2, 0) is 9.59 Å². The van der Waals surface area contributed by atoms with Crippen molar-refractivity contribution in [2.45, 2.75) is 34.1 Å². The largest absolute Gasteiger partial charge is 0.481 e. The second kappa shape index (κ2) is 8.08. The molecule has 0 radical (unpaired) electrons. The number of nitrogens with one attached hydrogen (secondary N) is 1. The van der Waals surface area contributed by atoms with Crippen LogP contribution < -0.4 is 11.1 Å². The second-order valence-corrected chi connectivity index (χ2v) is 5.50. The molecule has 0 spiro atoms. The Balaban J connectivity index is 4.33. The van der Waals surface area contributed by atoms with Crippen molar-refractivity contribution in [3.8, 4) is 0 Å². The summed E-state index contributed by atoms with van der Waals surface area (Å²) in [5, 5.41) is 11.7. The molecule has 0 aliphatic carbocycles. The summed E-state index contributed by atoms with van der Waals surface area (Å²) in [6, 6.07) is 0. The highest BCUT2D eigenvalue weighted by Gasteiger charge is 2.24. The Hall–Kier alpha value is -1.10. The summed E-state index contributed by atoms with van der Waals surface area (Å²) in [5.41, 5.74) is 5.57. The van der Waals surface area contributed by atoms with Gasteiger partial charge in [0.1, 0.15) is 0 Å². The molecule has 0 saturated heterocycles. The molecule has 0 aromatic carbocycles. The number of carboxylic acids is 1. The quantitative estimate of drug-likeness (QED) is 0.607. The van der Waals surface area contributed by atoms with Gasteiger partial charge >= 0.3 is 5.97 Å². The van der Waals surface area contributed by atoms with E-state index in [2.05, 4.69) is 5.32 Å². The lowest BCUT2D eigenvalue weighted by Gasteiger charge is -2.20. The average Bonchev–Trinajstić information content (AvgIpc) is 2.24. The summed E-state index contributed by atoms with van der Waals surface area (Å²) in [4.78, 5) is 22.9. The van der Waals surface area contributed by atoms with Crippen LogP contribution in [0.25, 0.3) is 0 Å². The Morgan fingerprint density at radius 1 is 1.22 bits per heavy atom. The molecular formula is C13H26N2O3. The predicted molar refractivity (Wildman–Crippen MR) is 71.0 cm³/mol. The predicted octanol–water partition coefficient (Wildman–Crippen LogP) is 1.08. The van der Waals surface area contributed by atoms with Crippen LogP contribution in [0.3, 0.4) is 0 Å². The summed E-state index contributed by atoms with van der Waals surface area (Å²) in [7, 11) is 0. The zero-order valence-corrected chi connectivity index (χ0v) is 11.8. The summed E-state index contributed by atoms with van der Waals surface area (Å²) >= 11 is 0. The van der Waals surface area contributed by atoms with Gasteiger partial charge in [-0.15, -0.1) is 0 Å². The minimum Gasteiger partial charge on any atom is -0.481 e. The minimum absolute atomic E-state index is 0.00998. The second-order valence-electron chi connectivity index (χ2n) is 5.50. The van der Waals surface area contributed by atoms with Crippen LogP contribution in [0.1, 0.15) is 34.1 Å². The number of amides is 1. The van der Waals surface area contributed by atoms with Gasteiger partial charge in [0.25, 0.3) is 0 Å². The molecule has 0 bridgehead atoms. The number of carbonyl (C=O) groups excluding carboxylic acids is 1. The summed E-state index contributed by atoms with van der Waals surface area (Å²) < 4.78 is 0. The topological polar surface area (TPSA) is 92.4 Å². The van der Waals surface area contributed by atoms with Gasteiger partial charge in [0.05, 0.1) is 11.8 Å². The molecule has 2 atom stereocenters. The molecule has 0 aromatic rings. The van der Waals surface area contributed by atoms with E-state index in [-0.39, 0.29) is 24.3 Å². The molecule has 0 heterocycles. The van der Waals surface area contributed by atoms with E-state index in [9.17, 15) is 9.59 Å².